The molecule has 5 nitrogen and oxygen atoms in total. The average Bonchev–Trinajstić information content (AvgIpc) is 2.46. The Hall–Kier alpha value is -1.40. The fourth-order valence-electron chi connectivity index (χ4n) is 1.96. The molecule has 0 spiro atoms. The van der Waals surface area contributed by atoms with Gasteiger partial charge in [0.1, 0.15) is 6.04 Å². The van der Waals surface area contributed by atoms with Crippen molar-refractivity contribution in [2.75, 3.05) is 20.1 Å². The number of hydrogen-bond acceptors (Lipinski definition) is 3. The fourth-order valence-corrected chi connectivity index (χ4v) is 2.22. The minimum Gasteiger partial charge on any atom is -0.354 e. The molecule has 2 N–H and O–H groups in total. The Morgan fingerprint density at radius 3 is 2.50 bits per heavy atom. The first-order chi connectivity index (χ1) is 10.4. The molecule has 0 aliphatic carbocycles. The van der Waals surface area contributed by atoms with Gasteiger partial charge in [0.05, 0.1) is 6.54 Å². The number of likely N-dealkylation sites (N-methyl/N-ethyl adjacent to an activating group) is 1. The lowest BCUT2D eigenvalue weighted by Crippen LogP contribution is -2.47. The molecule has 0 aromatic heterocycles. The normalized spacial score (nSPS) is 12.0. The summed E-state index contributed by atoms with van der Waals surface area (Å²) in [5.74, 6) is -0.301. The molecule has 22 heavy (non-hydrogen) atoms. The summed E-state index contributed by atoms with van der Waals surface area (Å²) in [5, 5.41) is 5.48. The van der Waals surface area contributed by atoms with E-state index in [2.05, 4.69) is 26.6 Å². The summed E-state index contributed by atoms with van der Waals surface area (Å²) in [4.78, 5) is 25.6. The number of halogens is 1. The summed E-state index contributed by atoms with van der Waals surface area (Å²) >= 11 is 3.39. The highest BCUT2D eigenvalue weighted by atomic mass is 79.9. The van der Waals surface area contributed by atoms with Gasteiger partial charge in [0.2, 0.25) is 11.8 Å². The second-order valence-electron chi connectivity index (χ2n) is 5.38. The molecule has 122 valence electrons. The molecule has 0 aliphatic rings. The molecule has 0 unspecified atom stereocenters. The van der Waals surface area contributed by atoms with Crippen LogP contribution in [0, 0.1) is 0 Å². The van der Waals surface area contributed by atoms with Crippen LogP contribution in [0.1, 0.15) is 25.8 Å². The van der Waals surface area contributed by atoms with Crippen molar-refractivity contribution in [1.29, 1.82) is 0 Å². The SMILES string of the molecule is CCCNC(=O)[C@@H](C)NC(=O)CN(C)Cc1ccc(Br)cc1. The zero-order chi connectivity index (χ0) is 16.5. The molecule has 1 rings (SSSR count). The molecular weight excluding hydrogens is 346 g/mol. The van der Waals surface area contributed by atoms with Crippen LogP contribution in [0.25, 0.3) is 0 Å². The Morgan fingerprint density at radius 1 is 1.27 bits per heavy atom. The van der Waals surface area contributed by atoms with Gasteiger partial charge in [0.25, 0.3) is 0 Å². The Balaban J connectivity index is 2.37. The molecular formula is C16H24BrN3O2. The summed E-state index contributed by atoms with van der Waals surface area (Å²) in [6.07, 6.45) is 0.877. The lowest BCUT2D eigenvalue weighted by Gasteiger charge is -2.19. The monoisotopic (exact) mass is 369 g/mol. The molecule has 2 amide bonds. The average molecular weight is 370 g/mol. The number of rotatable bonds is 8. The summed E-state index contributed by atoms with van der Waals surface area (Å²) in [5.41, 5.74) is 1.13. The van der Waals surface area contributed by atoms with E-state index in [1.54, 1.807) is 6.92 Å². The minimum absolute atomic E-state index is 0.147. The molecule has 1 atom stereocenters. The molecule has 1 aromatic carbocycles. The van der Waals surface area contributed by atoms with Crippen molar-refractivity contribution in [2.24, 2.45) is 0 Å². The van der Waals surface area contributed by atoms with Crippen molar-refractivity contribution in [1.82, 2.24) is 15.5 Å². The van der Waals surface area contributed by atoms with E-state index < -0.39 is 6.04 Å². The van der Waals surface area contributed by atoms with Gasteiger partial charge in [0, 0.05) is 17.6 Å². The lowest BCUT2D eigenvalue weighted by atomic mass is 10.2. The van der Waals surface area contributed by atoms with Gasteiger partial charge in [-0.2, -0.15) is 0 Å². The maximum absolute atomic E-state index is 11.9. The van der Waals surface area contributed by atoms with Crippen molar-refractivity contribution in [3.8, 4) is 0 Å². The Morgan fingerprint density at radius 2 is 1.91 bits per heavy atom. The zero-order valence-electron chi connectivity index (χ0n) is 13.4. The smallest absolute Gasteiger partial charge is 0.242 e. The van der Waals surface area contributed by atoms with E-state index in [1.165, 1.54) is 0 Å². The third-order valence-corrected chi connectivity index (χ3v) is 3.63. The van der Waals surface area contributed by atoms with Gasteiger partial charge in [-0.05, 0) is 38.1 Å². The van der Waals surface area contributed by atoms with Crippen LogP contribution < -0.4 is 10.6 Å². The third-order valence-electron chi connectivity index (χ3n) is 3.10. The minimum atomic E-state index is -0.514. The van der Waals surface area contributed by atoms with Crippen molar-refractivity contribution < 1.29 is 9.59 Å². The molecule has 6 heteroatoms. The zero-order valence-corrected chi connectivity index (χ0v) is 14.9. The second-order valence-corrected chi connectivity index (χ2v) is 6.29. The molecule has 0 fully saturated rings. The first-order valence-electron chi connectivity index (χ1n) is 7.42. The summed E-state index contributed by atoms with van der Waals surface area (Å²) in [6, 6.07) is 7.46. The van der Waals surface area contributed by atoms with Crippen molar-refractivity contribution in [3.05, 3.63) is 34.3 Å². The van der Waals surface area contributed by atoms with Crippen LogP contribution in [0.5, 0.6) is 0 Å². The third kappa shape index (κ3) is 7.04. The van der Waals surface area contributed by atoms with E-state index in [4.69, 9.17) is 0 Å². The van der Waals surface area contributed by atoms with Gasteiger partial charge in [-0.25, -0.2) is 0 Å². The number of nitrogens with one attached hydrogen (secondary N) is 2. The van der Waals surface area contributed by atoms with Crippen LogP contribution in [0.2, 0.25) is 0 Å². The number of benzene rings is 1. The summed E-state index contributed by atoms with van der Waals surface area (Å²) in [7, 11) is 1.88. The summed E-state index contributed by atoms with van der Waals surface area (Å²) in [6.45, 7) is 5.24. The molecule has 0 saturated carbocycles. The predicted molar refractivity (Wildman–Crippen MR) is 91.4 cm³/mol. The number of amides is 2. The molecule has 1 aromatic rings. The van der Waals surface area contributed by atoms with E-state index in [0.29, 0.717) is 13.1 Å². The molecule has 0 heterocycles. The van der Waals surface area contributed by atoms with Gasteiger partial charge < -0.3 is 10.6 Å². The van der Waals surface area contributed by atoms with Crippen LogP contribution in [0.3, 0.4) is 0 Å². The maximum Gasteiger partial charge on any atom is 0.242 e. The highest BCUT2D eigenvalue weighted by molar-refractivity contribution is 9.10. The van der Waals surface area contributed by atoms with E-state index >= 15 is 0 Å². The molecule has 0 aliphatic heterocycles. The van der Waals surface area contributed by atoms with Gasteiger partial charge in [-0.1, -0.05) is 35.0 Å². The molecule has 0 saturated heterocycles. The summed E-state index contributed by atoms with van der Waals surface area (Å²) < 4.78 is 1.03. The van der Waals surface area contributed by atoms with E-state index in [1.807, 2.05) is 43.1 Å². The lowest BCUT2D eigenvalue weighted by molar-refractivity contribution is -0.129. The van der Waals surface area contributed by atoms with Crippen molar-refractivity contribution in [3.63, 3.8) is 0 Å². The van der Waals surface area contributed by atoms with E-state index in [-0.39, 0.29) is 18.4 Å². The van der Waals surface area contributed by atoms with Crippen LogP contribution in [0.15, 0.2) is 28.7 Å². The van der Waals surface area contributed by atoms with Crippen molar-refractivity contribution >= 4 is 27.7 Å². The van der Waals surface area contributed by atoms with Gasteiger partial charge in [0.15, 0.2) is 0 Å². The Kier molecular flexibility index (Phi) is 8.12. The Labute approximate surface area is 140 Å². The van der Waals surface area contributed by atoms with Gasteiger partial charge in [-0.15, -0.1) is 0 Å². The quantitative estimate of drug-likeness (QED) is 0.735. The number of carbonyl (C=O) groups excluding carboxylic acids is 2. The van der Waals surface area contributed by atoms with E-state index in [0.717, 1.165) is 16.5 Å². The fraction of sp³-hybridized carbons (Fsp3) is 0.500. The number of carbonyl (C=O) groups is 2. The second kappa shape index (κ2) is 9.58. The van der Waals surface area contributed by atoms with Crippen LogP contribution in [0.4, 0.5) is 0 Å². The van der Waals surface area contributed by atoms with Crippen LogP contribution in [-0.2, 0) is 16.1 Å². The molecule has 0 bridgehead atoms. The Bertz CT molecular complexity index is 491. The first kappa shape index (κ1) is 18.6. The highest BCUT2D eigenvalue weighted by Gasteiger charge is 2.15. The van der Waals surface area contributed by atoms with Crippen molar-refractivity contribution in [2.45, 2.75) is 32.9 Å². The predicted octanol–water partition coefficient (Wildman–Crippen LogP) is 1.91. The largest absolute Gasteiger partial charge is 0.354 e. The first-order valence-corrected chi connectivity index (χ1v) is 8.21. The maximum atomic E-state index is 11.9. The van der Waals surface area contributed by atoms with Gasteiger partial charge >= 0.3 is 0 Å². The molecule has 0 radical (unpaired) electrons. The number of nitrogens with zero attached hydrogens (tertiary/aromatic N) is 1. The van der Waals surface area contributed by atoms with Gasteiger partial charge in [-0.3, -0.25) is 14.5 Å². The van der Waals surface area contributed by atoms with E-state index in [9.17, 15) is 9.59 Å². The highest BCUT2D eigenvalue weighted by Crippen LogP contribution is 2.11. The van der Waals surface area contributed by atoms with Crippen LogP contribution >= 0.6 is 15.9 Å². The topological polar surface area (TPSA) is 61.4 Å². The standard InChI is InChI=1S/C16H24BrN3O2/c1-4-9-18-16(22)12(2)19-15(21)11-20(3)10-13-5-7-14(17)8-6-13/h5-8,12H,4,9-11H2,1-3H3,(H,18,22)(H,19,21)/t12-/m1/s1. The van der Waals surface area contributed by atoms with Crippen LogP contribution in [-0.4, -0.2) is 42.9 Å². The number of hydrogen-bond donors (Lipinski definition) is 2.